The van der Waals surface area contributed by atoms with Gasteiger partial charge in [0.15, 0.2) is 11.6 Å². The third kappa shape index (κ3) is 4.86. The van der Waals surface area contributed by atoms with Gasteiger partial charge in [-0.25, -0.2) is 4.39 Å². The molecule has 0 aliphatic carbocycles. The molecule has 1 aliphatic heterocycles. The van der Waals surface area contributed by atoms with Crippen molar-refractivity contribution in [2.75, 3.05) is 18.0 Å². The number of rotatable bonds is 2. The standard InChI is InChI=1S/C22H27FN2O2/c1-17(26)25-14-7-3-2-6-13-24(15-18-9-4-5-12-21(18)25)16-19-10-8-11-20(23)22(19)27/h4-5,8-12,27H,2-3,6-7,13-16H2,1H3. The lowest BCUT2D eigenvalue weighted by atomic mass is 10.1. The normalized spacial score (nSPS) is 16.4. The summed E-state index contributed by atoms with van der Waals surface area (Å²) in [6, 6.07) is 12.6. The number of aromatic hydroxyl groups is 1. The van der Waals surface area contributed by atoms with Crippen LogP contribution in [0.4, 0.5) is 10.1 Å². The maximum Gasteiger partial charge on any atom is 0.223 e. The Morgan fingerprint density at radius 3 is 2.56 bits per heavy atom. The minimum absolute atomic E-state index is 0.0519. The molecule has 2 aromatic carbocycles. The first-order valence-electron chi connectivity index (χ1n) is 9.61. The van der Waals surface area contributed by atoms with Crippen molar-refractivity contribution in [3.8, 4) is 5.75 Å². The Bertz CT molecular complexity index is 794. The van der Waals surface area contributed by atoms with Gasteiger partial charge >= 0.3 is 0 Å². The van der Waals surface area contributed by atoms with Crippen molar-refractivity contribution < 1.29 is 14.3 Å². The summed E-state index contributed by atoms with van der Waals surface area (Å²) in [6.45, 7) is 4.33. The van der Waals surface area contributed by atoms with E-state index in [0.717, 1.165) is 50.0 Å². The van der Waals surface area contributed by atoms with E-state index in [1.165, 1.54) is 6.07 Å². The number of benzene rings is 2. The van der Waals surface area contributed by atoms with E-state index in [0.29, 0.717) is 18.7 Å². The quantitative estimate of drug-likeness (QED) is 0.849. The van der Waals surface area contributed by atoms with Gasteiger partial charge in [-0.3, -0.25) is 9.69 Å². The van der Waals surface area contributed by atoms with Crippen LogP contribution in [0.2, 0.25) is 0 Å². The minimum atomic E-state index is -0.589. The number of fused-ring (bicyclic) bond motifs is 1. The molecule has 0 bridgehead atoms. The molecule has 0 saturated heterocycles. The van der Waals surface area contributed by atoms with Crippen LogP contribution >= 0.6 is 0 Å². The lowest BCUT2D eigenvalue weighted by molar-refractivity contribution is -0.116. The van der Waals surface area contributed by atoms with Gasteiger partial charge in [0.05, 0.1) is 0 Å². The van der Waals surface area contributed by atoms with Crippen LogP contribution in [0.1, 0.15) is 43.7 Å². The molecule has 27 heavy (non-hydrogen) atoms. The molecule has 2 aromatic rings. The Labute approximate surface area is 160 Å². The number of phenolic OH excluding ortho intramolecular Hbond substituents is 1. The second kappa shape index (κ2) is 9.00. The van der Waals surface area contributed by atoms with E-state index < -0.39 is 5.82 Å². The molecule has 0 fully saturated rings. The first-order chi connectivity index (χ1) is 13.1. The molecule has 1 N–H and O–H groups in total. The fourth-order valence-electron chi connectivity index (χ4n) is 3.70. The summed E-state index contributed by atoms with van der Waals surface area (Å²) >= 11 is 0. The van der Waals surface area contributed by atoms with E-state index >= 15 is 0 Å². The van der Waals surface area contributed by atoms with Gasteiger partial charge < -0.3 is 10.0 Å². The molecule has 5 heteroatoms. The summed E-state index contributed by atoms with van der Waals surface area (Å²) in [4.78, 5) is 16.3. The van der Waals surface area contributed by atoms with Gasteiger partial charge in [0.25, 0.3) is 0 Å². The average molecular weight is 370 g/mol. The van der Waals surface area contributed by atoms with Crippen molar-refractivity contribution in [3.05, 3.63) is 59.4 Å². The fourth-order valence-corrected chi connectivity index (χ4v) is 3.70. The summed E-state index contributed by atoms with van der Waals surface area (Å²) in [5.74, 6) is -0.810. The molecule has 1 aliphatic rings. The number of hydrogen-bond donors (Lipinski definition) is 1. The summed E-state index contributed by atoms with van der Waals surface area (Å²) in [5, 5.41) is 10.1. The molecule has 144 valence electrons. The highest BCUT2D eigenvalue weighted by Gasteiger charge is 2.19. The summed E-state index contributed by atoms with van der Waals surface area (Å²) in [6.07, 6.45) is 4.19. The van der Waals surface area contributed by atoms with Gasteiger partial charge in [-0.1, -0.05) is 43.2 Å². The molecule has 0 spiro atoms. The van der Waals surface area contributed by atoms with Crippen molar-refractivity contribution in [2.45, 2.75) is 45.7 Å². The molecule has 1 heterocycles. The zero-order chi connectivity index (χ0) is 19.2. The van der Waals surface area contributed by atoms with Crippen molar-refractivity contribution in [1.29, 1.82) is 0 Å². The van der Waals surface area contributed by atoms with E-state index in [1.807, 2.05) is 29.2 Å². The van der Waals surface area contributed by atoms with Crippen LogP contribution in [0.3, 0.4) is 0 Å². The maximum atomic E-state index is 13.7. The largest absolute Gasteiger partial charge is 0.505 e. The molecular weight excluding hydrogens is 343 g/mol. The second-order valence-electron chi connectivity index (χ2n) is 7.17. The Kier molecular flexibility index (Phi) is 6.45. The zero-order valence-corrected chi connectivity index (χ0v) is 15.8. The van der Waals surface area contributed by atoms with E-state index in [-0.39, 0.29) is 11.7 Å². The number of phenols is 1. The van der Waals surface area contributed by atoms with Gasteiger partial charge in [0.1, 0.15) is 0 Å². The lowest BCUT2D eigenvalue weighted by Crippen LogP contribution is -2.31. The van der Waals surface area contributed by atoms with Gasteiger partial charge in [-0.2, -0.15) is 0 Å². The van der Waals surface area contributed by atoms with Gasteiger partial charge in [0, 0.05) is 37.8 Å². The average Bonchev–Trinajstić information content (AvgIpc) is 2.68. The molecule has 1 amide bonds. The van der Waals surface area contributed by atoms with E-state index in [4.69, 9.17) is 0 Å². The molecule has 0 aromatic heterocycles. The highest BCUT2D eigenvalue weighted by Crippen LogP contribution is 2.27. The van der Waals surface area contributed by atoms with Crippen LogP contribution in [0, 0.1) is 5.82 Å². The minimum Gasteiger partial charge on any atom is -0.505 e. The van der Waals surface area contributed by atoms with E-state index in [9.17, 15) is 14.3 Å². The summed E-state index contributed by atoms with van der Waals surface area (Å²) < 4.78 is 13.7. The number of carbonyl (C=O) groups excluding carboxylic acids is 1. The molecule has 0 unspecified atom stereocenters. The van der Waals surface area contributed by atoms with Gasteiger partial charge in [0.2, 0.25) is 5.91 Å². The van der Waals surface area contributed by atoms with E-state index in [1.54, 1.807) is 19.1 Å². The molecule has 0 atom stereocenters. The van der Waals surface area contributed by atoms with Crippen LogP contribution in [-0.4, -0.2) is 29.0 Å². The Hall–Kier alpha value is -2.40. The Morgan fingerprint density at radius 1 is 1.04 bits per heavy atom. The molecule has 4 nitrogen and oxygen atoms in total. The smallest absolute Gasteiger partial charge is 0.223 e. The third-order valence-electron chi connectivity index (χ3n) is 5.13. The van der Waals surface area contributed by atoms with Crippen LogP contribution in [0.15, 0.2) is 42.5 Å². The highest BCUT2D eigenvalue weighted by molar-refractivity contribution is 5.92. The summed E-state index contributed by atoms with van der Waals surface area (Å²) in [7, 11) is 0. The molecular formula is C22H27FN2O2. The van der Waals surface area contributed by atoms with Crippen molar-refractivity contribution in [3.63, 3.8) is 0 Å². The Balaban J connectivity index is 1.90. The molecule has 0 radical (unpaired) electrons. The number of hydrogen-bond acceptors (Lipinski definition) is 3. The first kappa shape index (κ1) is 19.4. The number of nitrogens with zero attached hydrogens (tertiary/aromatic N) is 2. The number of halogens is 1. The fraction of sp³-hybridized carbons (Fsp3) is 0.409. The highest BCUT2D eigenvalue weighted by atomic mass is 19.1. The van der Waals surface area contributed by atoms with Crippen LogP contribution in [0.5, 0.6) is 5.75 Å². The topological polar surface area (TPSA) is 43.8 Å². The van der Waals surface area contributed by atoms with Gasteiger partial charge in [-0.15, -0.1) is 0 Å². The number of carbonyl (C=O) groups is 1. The van der Waals surface area contributed by atoms with Crippen LogP contribution in [0.25, 0.3) is 0 Å². The molecule has 0 saturated carbocycles. The predicted octanol–water partition coefficient (Wildman–Crippen LogP) is 4.46. The lowest BCUT2D eigenvalue weighted by Gasteiger charge is -2.27. The monoisotopic (exact) mass is 370 g/mol. The van der Waals surface area contributed by atoms with Crippen molar-refractivity contribution >= 4 is 11.6 Å². The van der Waals surface area contributed by atoms with Crippen LogP contribution < -0.4 is 4.90 Å². The SMILES string of the molecule is CC(=O)N1CCCCCCN(Cc2cccc(F)c2O)Cc2ccccc21. The predicted molar refractivity (Wildman–Crippen MR) is 105 cm³/mol. The third-order valence-corrected chi connectivity index (χ3v) is 5.13. The van der Waals surface area contributed by atoms with Crippen LogP contribution in [-0.2, 0) is 17.9 Å². The first-order valence-corrected chi connectivity index (χ1v) is 9.61. The Morgan fingerprint density at radius 2 is 1.78 bits per heavy atom. The second-order valence-corrected chi connectivity index (χ2v) is 7.17. The zero-order valence-electron chi connectivity index (χ0n) is 15.8. The number of anilines is 1. The maximum absolute atomic E-state index is 13.7. The van der Waals surface area contributed by atoms with Crippen molar-refractivity contribution in [1.82, 2.24) is 4.90 Å². The summed E-state index contributed by atoms with van der Waals surface area (Å²) in [5.41, 5.74) is 2.61. The number of amides is 1. The van der Waals surface area contributed by atoms with E-state index in [2.05, 4.69) is 4.90 Å². The van der Waals surface area contributed by atoms with Crippen molar-refractivity contribution in [2.24, 2.45) is 0 Å². The number of para-hydroxylation sites is 2. The van der Waals surface area contributed by atoms with Gasteiger partial charge in [-0.05, 0) is 37.1 Å². The molecule has 3 rings (SSSR count).